The van der Waals surface area contributed by atoms with Crippen molar-refractivity contribution in [2.75, 3.05) is 5.32 Å². The first-order valence-electron chi connectivity index (χ1n) is 9.67. The number of fused-ring (bicyclic) bond motifs is 1. The fraction of sp³-hybridized carbons (Fsp3) is 0.238. The highest BCUT2D eigenvalue weighted by molar-refractivity contribution is 6.93. The number of aliphatic carboxylic acids is 1. The van der Waals surface area contributed by atoms with Crippen LogP contribution in [0.25, 0.3) is 22.3 Å². The van der Waals surface area contributed by atoms with E-state index in [4.69, 9.17) is 0 Å². The molecule has 3 aromatic rings. The van der Waals surface area contributed by atoms with Crippen molar-refractivity contribution >= 4 is 35.3 Å². The summed E-state index contributed by atoms with van der Waals surface area (Å²) in [6.45, 7) is 0.381. The number of phenolic OH excluding ortho intramolecular Hbond substituents is 1. The summed E-state index contributed by atoms with van der Waals surface area (Å²) in [4.78, 5) is 32.3. The summed E-state index contributed by atoms with van der Waals surface area (Å²) < 4.78 is 13.8. The van der Waals surface area contributed by atoms with Crippen molar-refractivity contribution in [1.82, 2.24) is 9.97 Å². The Morgan fingerprint density at radius 3 is 2.61 bits per heavy atom. The highest BCUT2D eigenvalue weighted by Crippen LogP contribution is 2.46. The third-order valence-corrected chi connectivity index (χ3v) is 5.89. The van der Waals surface area contributed by atoms with Gasteiger partial charge in [0.05, 0.1) is 16.4 Å². The van der Waals surface area contributed by atoms with Gasteiger partial charge in [-0.2, -0.15) is 0 Å². The van der Waals surface area contributed by atoms with Crippen LogP contribution in [0.3, 0.4) is 0 Å². The van der Waals surface area contributed by atoms with Gasteiger partial charge < -0.3 is 20.6 Å². The molecule has 2 unspecified atom stereocenters. The summed E-state index contributed by atoms with van der Waals surface area (Å²) in [7, 11) is 0. The summed E-state index contributed by atoms with van der Waals surface area (Å²) in [6, 6.07) is 10.1. The van der Waals surface area contributed by atoms with Crippen LogP contribution in [0.15, 0.2) is 42.5 Å². The lowest BCUT2D eigenvalue weighted by molar-refractivity contribution is -0.140. The number of anilines is 1. The third kappa shape index (κ3) is 3.65. The molecule has 2 atom stereocenters. The Kier molecular flexibility index (Phi) is 5.00. The number of rotatable bonds is 5. The Morgan fingerprint density at radius 1 is 1.19 bits per heavy atom. The lowest BCUT2D eigenvalue weighted by Crippen LogP contribution is -2.38. The molecule has 10 heteroatoms. The van der Waals surface area contributed by atoms with Crippen LogP contribution < -0.4 is 5.32 Å². The van der Waals surface area contributed by atoms with E-state index < -0.39 is 35.7 Å². The molecule has 1 aromatic heterocycles. The molecule has 0 saturated carbocycles. The van der Waals surface area contributed by atoms with Crippen LogP contribution in [0.2, 0.25) is 11.6 Å². The standard InChI is InChI=1S/C21H19BFN3O5/c1-21(19(28)29)9-12(10-22(21)20(30)31)24-17-13-4-2-3-5-15(13)25-18(26-17)14-8-11(23)6-7-16(14)27/h2-8,12,27H,9-10H2,1H3,(H,28,29)(H,30,31)(H,24,25,26). The van der Waals surface area contributed by atoms with Crippen molar-refractivity contribution < 1.29 is 29.3 Å². The number of hydrogen-bond acceptors (Lipinski definition) is 6. The van der Waals surface area contributed by atoms with Crippen LogP contribution in [0.1, 0.15) is 13.3 Å². The third-order valence-electron chi connectivity index (χ3n) is 5.89. The number of phenols is 1. The van der Waals surface area contributed by atoms with Crippen molar-refractivity contribution in [3.63, 3.8) is 0 Å². The van der Waals surface area contributed by atoms with Crippen molar-refractivity contribution in [3.05, 3.63) is 48.3 Å². The molecule has 8 nitrogen and oxygen atoms in total. The average Bonchev–Trinajstić information content (AvgIpc) is 3.07. The van der Waals surface area contributed by atoms with Gasteiger partial charge in [-0.1, -0.05) is 19.1 Å². The molecular formula is C21H19BFN3O5. The minimum Gasteiger partial charge on any atom is -0.507 e. The summed E-state index contributed by atoms with van der Waals surface area (Å²) in [5.41, 5.74) is 0.645. The molecule has 0 spiro atoms. The number of carboxylic acid groups (broad SMARTS) is 2. The molecule has 158 valence electrons. The van der Waals surface area contributed by atoms with Crippen molar-refractivity contribution in [3.8, 4) is 17.1 Å². The summed E-state index contributed by atoms with van der Waals surface area (Å²) in [6.07, 6.45) is 0.204. The van der Waals surface area contributed by atoms with E-state index in [1.165, 1.54) is 13.0 Å². The van der Waals surface area contributed by atoms with Crippen LogP contribution in [0.5, 0.6) is 5.75 Å². The summed E-state index contributed by atoms with van der Waals surface area (Å²) in [5.74, 6) is -2.63. The number of para-hydroxylation sites is 1. The second-order valence-corrected chi connectivity index (χ2v) is 7.97. The number of carbonyl (C=O) groups is 2. The zero-order valence-corrected chi connectivity index (χ0v) is 16.5. The number of aromatic nitrogens is 2. The minimum atomic E-state index is -1.42. The molecule has 0 bridgehead atoms. The molecule has 0 amide bonds. The number of halogens is 1. The number of hydrogen-bond donors (Lipinski definition) is 4. The highest BCUT2D eigenvalue weighted by atomic mass is 19.1. The molecule has 1 saturated heterocycles. The zero-order chi connectivity index (χ0) is 22.3. The number of benzene rings is 2. The highest BCUT2D eigenvalue weighted by Gasteiger charge is 2.56. The summed E-state index contributed by atoms with van der Waals surface area (Å²) in [5, 5.41) is 31.7. The second-order valence-electron chi connectivity index (χ2n) is 7.97. The maximum Gasteiger partial charge on any atom is 0.302 e. The van der Waals surface area contributed by atoms with E-state index in [9.17, 15) is 29.3 Å². The van der Waals surface area contributed by atoms with E-state index in [0.717, 1.165) is 12.1 Å². The van der Waals surface area contributed by atoms with Gasteiger partial charge in [-0.25, -0.2) is 14.4 Å². The number of nitrogens with zero attached hydrogens (tertiary/aromatic N) is 2. The van der Waals surface area contributed by atoms with Gasteiger partial charge in [0.25, 0.3) is 12.6 Å². The Bertz CT molecular complexity index is 1210. The number of carboxylic acids is 1. The van der Waals surface area contributed by atoms with Crippen LogP contribution in [-0.2, 0) is 4.79 Å². The maximum absolute atomic E-state index is 13.8. The number of nitrogens with one attached hydrogen (secondary N) is 1. The molecule has 0 aliphatic carbocycles. The Balaban J connectivity index is 1.77. The SMILES string of the molecule is CC1(C(=O)O)CC(Nc2nc(-c3cc(F)ccc3O)nc3ccccc23)CB1C(=O)O. The molecule has 1 aliphatic heterocycles. The fourth-order valence-corrected chi connectivity index (χ4v) is 4.19. The molecule has 31 heavy (non-hydrogen) atoms. The van der Waals surface area contributed by atoms with Gasteiger partial charge in [0, 0.05) is 11.4 Å². The second kappa shape index (κ2) is 7.53. The first-order valence-corrected chi connectivity index (χ1v) is 9.67. The molecule has 2 heterocycles. The van der Waals surface area contributed by atoms with Crippen LogP contribution in [0.4, 0.5) is 15.0 Å². The fourth-order valence-electron chi connectivity index (χ4n) is 4.19. The average molecular weight is 423 g/mol. The van der Waals surface area contributed by atoms with Crippen molar-refractivity contribution in [2.45, 2.75) is 31.0 Å². The number of aromatic hydroxyl groups is 1. The normalized spacial score (nSPS) is 20.7. The first-order chi connectivity index (χ1) is 14.7. The predicted molar refractivity (Wildman–Crippen MR) is 113 cm³/mol. The smallest absolute Gasteiger partial charge is 0.302 e. The Morgan fingerprint density at radius 2 is 1.94 bits per heavy atom. The van der Waals surface area contributed by atoms with Gasteiger partial charge in [-0.05, 0) is 43.1 Å². The van der Waals surface area contributed by atoms with Crippen LogP contribution in [0, 0.1) is 5.82 Å². The van der Waals surface area contributed by atoms with Crippen molar-refractivity contribution in [2.24, 2.45) is 0 Å². The molecule has 4 rings (SSSR count). The molecule has 0 radical (unpaired) electrons. The molecule has 4 N–H and O–H groups in total. The quantitative estimate of drug-likeness (QED) is 0.454. The maximum atomic E-state index is 13.8. The minimum absolute atomic E-state index is 0.0898. The molecule has 1 fully saturated rings. The van der Waals surface area contributed by atoms with Crippen molar-refractivity contribution in [1.29, 1.82) is 0 Å². The lowest BCUT2D eigenvalue weighted by atomic mass is 9.35. The van der Waals surface area contributed by atoms with E-state index in [-0.39, 0.29) is 29.9 Å². The van der Waals surface area contributed by atoms with Crippen LogP contribution in [-0.4, -0.2) is 49.9 Å². The van der Waals surface area contributed by atoms with Gasteiger partial charge in [0.15, 0.2) is 5.82 Å². The van der Waals surface area contributed by atoms with E-state index in [1.54, 1.807) is 24.3 Å². The molecular weight excluding hydrogens is 404 g/mol. The Hall–Kier alpha value is -3.69. The van der Waals surface area contributed by atoms with Gasteiger partial charge in [-0.15, -0.1) is 0 Å². The predicted octanol–water partition coefficient (Wildman–Crippen LogP) is 3.93. The van der Waals surface area contributed by atoms with E-state index in [0.29, 0.717) is 16.7 Å². The summed E-state index contributed by atoms with van der Waals surface area (Å²) >= 11 is 0. The zero-order valence-electron chi connectivity index (χ0n) is 16.5. The van der Waals surface area contributed by atoms with E-state index >= 15 is 0 Å². The van der Waals surface area contributed by atoms with Gasteiger partial charge >= 0.3 is 5.97 Å². The Labute approximate surface area is 176 Å². The van der Waals surface area contributed by atoms with Crippen LogP contribution >= 0.6 is 0 Å². The van der Waals surface area contributed by atoms with E-state index in [2.05, 4.69) is 15.3 Å². The topological polar surface area (TPSA) is 133 Å². The van der Waals surface area contributed by atoms with Gasteiger partial charge in [0.2, 0.25) is 0 Å². The molecule has 2 aromatic carbocycles. The molecule has 1 aliphatic rings. The first kappa shape index (κ1) is 20.6. The largest absolute Gasteiger partial charge is 0.507 e. The van der Waals surface area contributed by atoms with E-state index in [1.807, 2.05) is 0 Å². The van der Waals surface area contributed by atoms with Gasteiger partial charge in [0.1, 0.15) is 17.4 Å². The van der Waals surface area contributed by atoms with Gasteiger partial charge in [-0.3, -0.25) is 9.59 Å². The lowest BCUT2D eigenvalue weighted by Gasteiger charge is -2.21. The monoisotopic (exact) mass is 423 g/mol.